The molecule has 1 unspecified atom stereocenters. The average Bonchev–Trinajstić information content (AvgIpc) is 3.77. The Kier molecular flexibility index (Phi) is 5.80. The van der Waals surface area contributed by atoms with Gasteiger partial charge in [-0.05, 0) is 85.8 Å². The van der Waals surface area contributed by atoms with Crippen molar-refractivity contribution in [1.29, 1.82) is 0 Å². The third-order valence-corrected chi connectivity index (χ3v) is 7.73. The van der Waals surface area contributed by atoms with Crippen molar-refractivity contribution >= 4 is 17.4 Å². The SMILES string of the molecule is CSc1ccc(CNCc2ccc3c(n2)OCCN3C2=CC(C3CC3)NC(C3CC3)=C2)cc1. The van der Waals surface area contributed by atoms with Crippen LogP contribution in [0.25, 0.3) is 0 Å². The predicted octanol–water partition coefficient (Wildman–Crippen LogP) is 4.85. The van der Waals surface area contributed by atoms with E-state index in [4.69, 9.17) is 9.72 Å². The molecule has 2 saturated carbocycles. The molecule has 0 saturated heterocycles. The Hall–Kier alpha value is -2.44. The van der Waals surface area contributed by atoms with Crippen molar-refractivity contribution in [2.24, 2.45) is 11.8 Å². The summed E-state index contributed by atoms with van der Waals surface area (Å²) in [6.07, 6.45) is 12.3. The number of anilines is 1. The first-order valence-electron chi connectivity index (χ1n) is 12.2. The Morgan fingerprint density at radius 1 is 1.09 bits per heavy atom. The smallest absolute Gasteiger partial charge is 0.238 e. The maximum Gasteiger partial charge on any atom is 0.238 e. The van der Waals surface area contributed by atoms with Crippen LogP contribution in [-0.2, 0) is 13.1 Å². The van der Waals surface area contributed by atoms with Gasteiger partial charge in [0.2, 0.25) is 5.88 Å². The first-order valence-corrected chi connectivity index (χ1v) is 13.4. The van der Waals surface area contributed by atoms with Gasteiger partial charge in [-0.15, -0.1) is 11.8 Å². The second-order valence-electron chi connectivity index (χ2n) is 9.55. The number of ether oxygens (including phenoxy) is 1. The second kappa shape index (κ2) is 9.07. The summed E-state index contributed by atoms with van der Waals surface area (Å²) in [6, 6.07) is 13.5. The summed E-state index contributed by atoms with van der Waals surface area (Å²) < 4.78 is 6.00. The van der Waals surface area contributed by atoms with Crippen molar-refractivity contribution in [2.45, 2.75) is 49.7 Å². The zero-order valence-corrected chi connectivity index (χ0v) is 20.0. The zero-order valence-electron chi connectivity index (χ0n) is 19.2. The molecule has 2 fully saturated rings. The van der Waals surface area contributed by atoms with E-state index in [2.05, 4.69) is 70.3 Å². The van der Waals surface area contributed by atoms with Gasteiger partial charge in [-0.3, -0.25) is 0 Å². The molecule has 2 aromatic rings. The Bertz CT molecular complexity index is 1070. The molecule has 0 bridgehead atoms. The molecule has 6 heteroatoms. The lowest BCUT2D eigenvalue weighted by Crippen LogP contribution is -2.38. The van der Waals surface area contributed by atoms with Crippen molar-refractivity contribution in [3.8, 4) is 5.88 Å². The van der Waals surface area contributed by atoms with Crippen LogP contribution in [0.4, 0.5) is 5.69 Å². The van der Waals surface area contributed by atoms with Crippen molar-refractivity contribution in [1.82, 2.24) is 15.6 Å². The van der Waals surface area contributed by atoms with Crippen LogP contribution in [0, 0.1) is 11.8 Å². The molecule has 2 aliphatic heterocycles. The number of hydrogen-bond acceptors (Lipinski definition) is 6. The summed E-state index contributed by atoms with van der Waals surface area (Å²) in [7, 11) is 0. The maximum absolute atomic E-state index is 6.00. The van der Waals surface area contributed by atoms with Crippen LogP contribution in [0.3, 0.4) is 0 Å². The second-order valence-corrected chi connectivity index (χ2v) is 10.4. The van der Waals surface area contributed by atoms with E-state index in [-0.39, 0.29) is 0 Å². The number of dihydropyridines is 1. The van der Waals surface area contributed by atoms with Gasteiger partial charge in [0.25, 0.3) is 0 Å². The van der Waals surface area contributed by atoms with Gasteiger partial charge >= 0.3 is 0 Å². The number of allylic oxidation sites excluding steroid dienone is 2. The fraction of sp³-hybridized carbons (Fsp3) is 0.444. The Balaban J connectivity index is 1.15. The highest BCUT2D eigenvalue weighted by atomic mass is 32.2. The number of nitrogens with zero attached hydrogens (tertiary/aromatic N) is 2. The number of pyridine rings is 1. The van der Waals surface area contributed by atoms with E-state index >= 15 is 0 Å². The largest absolute Gasteiger partial charge is 0.474 e. The first kappa shape index (κ1) is 21.1. The van der Waals surface area contributed by atoms with Crippen LogP contribution >= 0.6 is 11.8 Å². The molecule has 0 amide bonds. The van der Waals surface area contributed by atoms with Gasteiger partial charge in [0, 0.05) is 35.4 Å². The van der Waals surface area contributed by atoms with Crippen LogP contribution in [0.15, 0.2) is 64.8 Å². The summed E-state index contributed by atoms with van der Waals surface area (Å²) in [5.41, 5.74) is 6.15. The highest BCUT2D eigenvalue weighted by molar-refractivity contribution is 7.98. The normalized spacial score (nSPS) is 22.1. The molecule has 0 spiro atoms. The molecular formula is C27H32N4OS. The summed E-state index contributed by atoms with van der Waals surface area (Å²) in [6.45, 7) is 3.10. The molecule has 2 aliphatic carbocycles. The molecule has 1 aromatic carbocycles. The summed E-state index contributed by atoms with van der Waals surface area (Å²) in [5, 5.41) is 7.34. The van der Waals surface area contributed by atoms with Crippen LogP contribution < -0.4 is 20.3 Å². The molecule has 2 N–H and O–H groups in total. The number of fused-ring (bicyclic) bond motifs is 1. The minimum atomic E-state index is 0.480. The highest BCUT2D eigenvalue weighted by Crippen LogP contribution is 2.42. The summed E-state index contributed by atoms with van der Waals surface area (Å²) in [4.78, 5) is 8.56. The fourth-order valence-electron chi connectivity index (χ4n) is 4.76. The summed E-state index contributed by atoms with van der Waals surface area (Å²) in [5.74, 6) is 2.29. The number of hydrogen-bond donors (Lipinski definition) is 2. The number of rotatable bonds is 8. The lowest BCUT2D eigenvalue weighted by Gasteiger charge is -2.35. The standard InChI is InChI=1S/C27H32N4OS/c1-33-23-9-2-18(3-10-23)16-28-17-21-8-11-26-27(29-21)32-13-12-31(26)22-14-24(19-4-5-19)30-25(15-22)20-6-7-20/h2-3,8-11,14-15,19-20,24,28,30H,4-7,12-13,16-17H2,1H3. The van der Waals surface area contributed by atoms with Gasteiger partial charge in [-0.25, -0.2) is 4.98 Å². The lowest BCUT2D eigenvalue weighted by molar-refractivity contribution is 0.298. The van der Waals surface area contributed by atoms with Crippen molar-refractivity contribution in [2.75, 3.05) is 24.3 Å². The number of aromatic nitrogens is 1. The Morgan fingerprint density at radius 3 is 2.70 bits per heavy atom. The average molecular weight is 461 g/mol. The number of nitrogens with one attached hydrogen (secondary N) is 2. The molecule has 3 heterocycles. The third-order valence-electron chi connectivity index (χ3n) is 6.98. The van der Waals surface area contributed by atoms with Gasteiger partial charge in [0.05, 0.1) is 12.2 Å². The van der Waals surface area contributed by atoms with Gasteiger partial charge in [0.1, 0.15) is 12.3 Å². The molecule has 1 aromatic heterocycles. The van der Waals surface area contributed by atoms with Crippen LogP contribution in [-0.4, -0.2) is 30.4 Å². The monoisotopic (exact) mass is 460 g/mol. The zero-order chi connectivity index (χ0) is 22.2. The lowest BCUT2D eigenvalue weighted by atomic mass is 10.0. The van der Waals surface area contributed by atoms with Crippen molar-refractivity contribution in [3.63, 3.8) is 0 Å². The summed E-state index contributed by atoms with van der Waals surface area (Å²) >= 11 is 1.77. The highest BCUT2D eigenvalue weighted by Gasteiger charge is 2.37. The molecule has 0 radical (unpaired) electrons. The molecule has 172 valence electrons. The van der Waals surface area contributed by atoms with E-state index in [1.165, 1.54) is 47.5 Å². The fourth-order valence-corrected chi connectivity index (χ4v) is 5.16. The van der Waals surface area contributed by atoms with E-state index in [1.54, 1.807) is 11.8 Å². The molecule has 6 rings (SSSR count). The van der Waals surface area contributed by atoms with E-state index in [1.807, 2.05) is 0 Å². The Morgan fingerprint density at radius 2 is 1.94 bits per heavy atom. The van der Waals surface area contributed by atoms with E-state index in [9.17, 15) is 0 Å². The van der Waals surface area contributed by atoms with Gasteiger partial charge in [0.15, 0.2) is 0 Å². The van der Waals surface area contributed by atoms with Crippen molar-refractivity contribution < 1.29 is 4.74 Å². The number of benzene rings is 1. The minimum Gasteiger partial charge on any atom is -0.474 e. The van der Waals surface area contributed by atoms with Crippen LogP contribution in [0.1, 0.15) is 36.9 Å². The van der Waals surface area contributed by atoms with Gasteiger partial charge in [-0.2, -0.15) is 0 Å². The van der Waals surface area contributed by atoms with Crippen LogP contribution in [0.5, 0.6) is 5.88 Å². The third kappa shape index (κ3) is 4.78. The maximum atomic E-state index is 6.00. The quantitative estimate of drug-likeness (QED) is 0.549. The molecule has 33 heavy (non-hydrogen) atoms. The topological polar surface area (TPSA) is 49.4 Å². The molecule has 4 aliphatic rings. The van der Waals surface area contributed by atoms with Crippen molar-refractivity contribution in [3.05, 3.63) is 71.2 Å². The van der Waals surface area contributed by atoms with Gasteiger partial charge in [-0.1, -0.05) is 12.1 Å². The minimum absolute atomic E-state index is 0.480. The number of thioether (sulfide) groups is 1. The predicted molar refractivity (Wildman–Crippen MR) is 134 cm³/mol. The molecule has 5 nitrogen and oxygen atoms in total. The van der Waals surface area contributed by atoms with Crippen LogP contribution in [0.2, 0.25) is 0 Å². The first-order chi connectivity index (χ1) is 16.3. The molecular weight excluding hydrogens is 428 g/mol. The van der Waals surface area contributed by atoms with Gasteiger partial charge < -0.3 is 20.3 Å². The Labute approximate surface area is 200 Å². The van der Waals surface area contributed by atoms with E-state index < -0.39 is 0 Å². The van der Waals surface area contributed by atoms with E-state index in [0.717, 1.165) is 48.7 Å². The molecule has 1 atom stereocenters. The van der Waals surface area contributed by atoms with E-state index in [0.29, 0.717) is 12.6 Å².